The number of rotatable bonds is 6. The predicted octanol–water partition coefficient (Wildman–Crippen LogP) is 1.46. The van der Waals surface area contributed by atoms with Gasteiger partial charge in [-0.1, -0.05) is 0 Å². The standard InChI is InChI=1S/C21H23N7O3/c1-14-25-20(27-4-6-30-7-5-27)9-21(26-14)31-19-8-15(10-22)2-3-17(19)28-13-16(12-24-28)18(29)11-23/h2-3,8-9,12-13,18,29H,4-7,11,23H2,1H3. The maximum atomic E-state index is 9.98. The van der Waals surface area contributed by atoms with Crippen LogP contribution >= 0.6 is 0 Å². The lowest BCUT2D eigenvalue weighted by atomic mass is 10.2. The van der Waals surface area contributed by atoms with E-state index in [1.165, 1.54) is 0 Å². The van der Waals surface area contributed by atoms with E-state index in [4.69, 9.17) is 15.2 Å². The van der Waals surface area contributed by atoms with Gasteiger partial charge >= 0.3 is 0 Å². The number of nitriles is 1. The highest BCUT2D eigenvalue weighted by Gasteiger charge is 2.17. The van der Waals surface area contributed by atoms with Crippen LogP contribution in [-0.4, -0.2) is 57.7 Å². The van der Waals surface area contributed by atoms with Crippen LogP contribution in [0.3, 0.4) is 0 Å². The molecule has 0 saturated carbocycles. The number of benzene rings is 1. The summed E-state index contributed by atoms with van der Waals surface area (Å²) >= 11 is 0. The van der Waals surface area contributed by atoms with Gasteiger partial charge in [-0.2, -0.15) is 15.3 Å². The maximum Gasteiger partial charge on any atom is 0.224 e. The Balaban J connectivity index is 1.69. The highest BCUT2D eigenvalue weighted by atomic mass is 16.5. The number of morpholine rings is 1. The first-order chi connectivity index (χ1) is 15.1. The second-order valence-corrected chi connectivity index (χ2v) is 7.08. The van der Waals surface area contributed by atoms with E-state index in [1.807, 2.05) is 0 Å². The van der Waals surface area contributed by atoms with E-state index >= 15 is 0 Å². The Bertz CT molecular complexity index is 1100. The number of aliphatic hydroxyl groups excluding tert-OH is 1. The summed E-state index contributed by atoms with van der Waals surface area (Å²) in [5.41, 5.74) is 7.16. The van der Waals surface area contributed by atoms with Crippen LogP contribution in [0.15, 0.2) is 36.7 Å². The zero-order valence-corrected chi connectivity index (χ0v) is 17.1. The monoisotopic (exact) mass is 421 g/mol. The number of aryl methyl sites for hydroxylation is 1. The van der Waals surface area contributed by atoms with Gasteiger partial charge in [-0.3, -0.25) is 0 Å². The number of ether oxygens (including phenoxy) is 2. The highest BCUT2D eigenvalue weighted by Crippen LogP contribution is 2.30. The summed E-state index contributed by atoms with van der Waals surface area (Å²) in [5, 5.41) is 23.6. The van der Waals surface area contributed by atoms with E-state index in [2.05, 4.69) is 26.0 Å². The Kier molecular flexibility index (Phi) is 6.08. The molecule has 1 fully saturated rings. The summed E-state index contributed by atoms with van der Waals surface area (Å²) < 4.78 is 13.1. The molecule has 10 nitrogen and oxygen atoms in total. The molecule has 1 saturated heterocycles. The van der Waals surface area contributed by atoms with Crippen LogP contribution in [0.5, 0.6) is 11.6 Å². The minimum atomic E-state index is -0.808. The van der Waals surface area contributed by atoms with Crippen LogP contribution in [0, 0.1) is 18.3 Å². The Labute approximate surface area is 179 Å². The first kappa shape index (κ1) is 20.7. The van der Waals surface area contributed by atoms with E-state index < -0.39 is 6.10 Å². The van der Waals surface area contributed by atoms with Gasteiger partial charge in [0.1, 0.15) is 17.3 Å². The largest absolute Gasteiger partial charge is 0.437 e. The van der Waals surface area contributed by atoms with Crippen LogP contribution in [0.25, 0.3) is 5.69 Å². The van der Waals surface area contributed by atoms with Crippen LogP contribution < -0.4 is 15.4 Å². The Morgan fingerprint density at radius 3 is 2.84 bits per heavy atom. The zero-order valence-electron chi connectivity index (χ0n) is 17.1. The molecular formula is C21H23N7O3. The third-order valence-electron chi connectivity index (χ3n) is 4.90. The SMILES string of the molecule is Cc1nc(Oc2cc(C#N)ccc2-n2cc(C(O)CN)cn2)cc(N2CCOCC2)n1. The van der Waals surface area contributed by atoms with Crippen LogP contribution in [0.1, 0.15) is 23.1 Å². The zero-order chi connectivity index (χ0) is 21.8. The van der Waals surface area contributed by atoms with E-state index in [1.54, 1.807) is 48.3 Å². The predicted molar refractivity (Wildman–Crippen MR) is 112 cm³/mol. The molecule has 31 heavy (non-hydrogen) atoms. The number of nitrogens with two attached hydrogens (primary N) is 1. The first-order valence-corrected chi connectivity index (χ1v) is 9.91. The molecule has 0 amide bonds. The van der Waals surface area contributed by atoms with Crippen LogP contribution in [0.4, 0.5) is 5.82 Å². The quantitative estimate of drug-likeness (QED) is 0.606. The van der Waals surface area contributed by atoms with Crippen molar-refractivity contribution >= 4 is 5.82 Å². The fourth-order valence-electron chi connectivity index (χ4n) is 3.28. The average Bonchev–Trinajstić information content (AvgIpc) is 3.28. The summed E-state index contributed by atoms with van der Waals surface area (Å²) in [7, 11) is 0. The van der Waals surface area contributed by atoms with Crippen molar-refractivity contribution in [2.75, 3.05) is 37.7 Å². The minimum absolute atomic E-state index is 0.0902. The van der Waals surface area contributed by atoms with Gasteiger partial charge < -0.3 is 25.2 Å². The molecule has 0 spiro atoms. The molecule has 4 rings (SSSR count). The van der Waals surface area contributed by atoms with Crippen molar-refractivity contribution in [2.24, 2.45) is 5.73 Å². The lowest BCUT2D eigenvalue weighted by Crippen LogP contribution is -2.36. The highest BCUT2D eigenvalue weighted by molar-refractivity contribution is 5.53. The summed E-state index contributed by atoms with van der Waals surface area (Å²) in [6.07, 6.45) is 2.42. The van der Waals surface area contributed by atoms with E-state index in [0.29, 0.717) is 47.5 Å². The Hall–Kier alpha value is -3.52. The van der Waals surface area contributed by atoms with Gasteiger partial charge in [0, 0.05) is 43.5 Å². The van der Waals surface area contributed by atoms with Crippen molar-refractivity contribution in [3.63, 3.8) is 0 Å². The van der Waals surface area contributed by atoms with Crippen LogP contribution in [0.2, 0.25) is 0 Å². The smallest absolute Gasteiger partial charge is 0.224 e. The molecule has 2 aromatic heterocycles. The number of aliphatic hydroxyl groups is 1. The van der Waals surface area contributed by atoms with Crippen molar-refractivity contribution in [2.45, 2.75) is 13.0 Å². The minimum Gasteiger partial charge on any atom is -0.437 e. The van der Waals surface area contributed by atoms with Gasteiger partial charge in [0.05, 0.1) is 37.1 Å². The molecule has 0 aliphatic carbocycles. The summed E-state index contributed by atoms with van der Waals surface area (Å²) in [6, 6.07) is 8.92. The summed E-state index contributed by atoms with van der Waals surface area (Å²) in [4.78, 5) is 11.0. The molecule has 1 aromatic carbocycles. The average molecular weight is 421 g/mol. The van der Waals surface area contributed by atoms with Gasteiger partial charge in [-0.05, 0) is 19.1 Å². The Morgan fingerprint density at radius 2 is 2.10 bits per heavy atom. The number of hydrogen-bond acceptors (Lipinski definition) is 9. The number of aromatic nitrogens is 4. The molecule has 1 unspecified atom stereocenters. The normalized spacial score (nSPS) is 14.8. The first-order valence-electron chi connectivity index (χ1n) is 9.91. The molecule has 3 heterocycles. The number of anilines is 1. The molecular weight excluding hydrogens is 398 g/mol. The van der Waals surface area contributed by atoms with Gasteiger partial charge in [0.25, 0.3) is 0 Å². The van der Waals surface area contributed by atoms with E-state index in [9.17, 15) is 10.4 Å². The van der Waals surface area contributed by atoms with Crippen molar-refractivity contribution in [1.82, 2.24) is 19.7 Å². The van der Waals surface area contributed by atoms with Crippen molar-refractivity contribution in [1.29, 1.82) is 5.26 Å². The second-order valence-electron chi connectivity index (χ2n) is 7.08. The van der Waals surface area contributed by atoms with Gasteiger partial charge in [-0.25, -0.2) is 9.67 Å². The molecule has 10 heteroatoms. The topological polar surface area (TPSA) is 135 Å². The van der Waals surface area contributed by atoms with Crippen molar-refractivity contribution in [3.8, 4) is 23.4 Å². The summed E-state index contributed by atoms with van der Waals surface area (Å²) in [6.45, 7) is 4.66. The molecule has 1 aliphatic heterocycles. The number of hydrogen-bond donors (Lipinski definition) is 2. The lowest BCUT2D eigenvalue weighted by Gasteiger charge is -2.28. The van der Waals surface area contributed by atoms with Gasteiger partial charge in [-0.15, -0.1) is 0 Å². The van der Waals surface area contributed by atoms with Crippen molar-refractivity contribution in [3.05, 3.63) is 53.6 Å². The lowest BCUT2D eigenvalue weighted by molar-refractivity contribution is 0.122. The van der Waals surface area contributed by atoms with Gasteiger partial charge in [0.2, 0.25) is 5.88 Å². The Morgan fingerprint density at radius 1 is 1.29 bits per heavy atom. The molecule has 0 radical (unpaired) electrons. The second kappa shape index (κ2) is 9.09. The maximum absolute atomic E-state index is 9.98. The molecule has 0 bridgehead atoms. The van der Waals surface area contributed by atoms with E-state index in [-0.39, 0.29) is 6.54 Å². The molecule has 1 atom stereocenters. The third kappa shape index (κ3) is 4.64. The molecule has 160 valence electrons. The van der Waals surface area contributed by atoms with Crippen molar-refractivity contribution < 1.29 is 14.6 Å². The fraction of sp³-hybridized carbons (Fsp3) is 0.333. The van der Waals surface area contributed by atoms with E-state index in [0.717, 1.165) is 18.9 Å². The summed E-state index contributed by atoms with van der Waals surface area (Å²) in [5.74, 6) is 2.10. The molecule has 3 N–H and O–H groups in total. The fourth-order valence-corrected chi connectivity index (χ4v) is 3.28. The number of nitrogens with zero attached hydrogens (tertiary/aromatic N) is 6. The molecule has 1 aliphatic rings. The van der Waals surface area contributed by atoms with Crippen LogP contribution in [-0.2, 0) is 4.74 Å². The third-order valence-corrected chi connectivity index (χ3v) is 4.90. The van der Waals surface area contributed by atoms with Gasteiger partial charge in [0.15, 0.2) is 5.75 Å². The molecule has 3 aromatic rings.